The lowest BCUT2D eigenvalue weighted by Crippen LogP contribution is -2.33. The molecular formula is C9H15NOS. The van der Waals surface area contributed by atoms with Gasteiger partial charge in [-0.05, 0) is 30.4 Å². The topological polar surface area (TPSA) is 46.2 Å². The van der Waals surface area contributed by atoms with Gasteiger partial charge in [-0.1, -0.05) is 6.92 Å². The minimum atomic E-state index is -0.807. The minimum Gasteiger partial charge on any atom is -0.383 e. The van der Waals surface area contributed by atoms with Crippen LogP contribution in [-0.4, -0.2) is 11.7 Å². The summed E-state index contributed by atoms with van der Waals surface area (Å²) in [6, 6.07) is 2.01. The van der Waals surface area contributed by atoms with Crippen LogP contribution in [0.5, 0.6) is 0 Å². The van der Waals surface area contributed by atoms with Gasteiger partial charge in [-0.15, -0.1) is 11.3 Å². The molecular weight excluding hydrogens is 170 g/mol. The van der Waals surface area contributed by atoms with Crippen molar-refractivity contribution in [2.24, 2.45) is 5.73 Å². The average molecular weight is 185 g/mol. The Morgan fingerprint density at radius 2 is 2.33 bits per heavy atom. The molecule has 1 unspecified atom stereocenters. The Balaban J connectivity index is 3.02. The first-order chi connectivity index (χ1) is 5.64. The van der Waals surface area contributed by atoms with Crippen LogP contribution in [0, 0.1) is 6.92 Å². The maximum atomic E-state index is 10.1. The van der Waals surface area contributed by atoms with E-state index >= 15 is 0 Å². The van der Waals surface area contributed by atoms with Gasteiger partial charge in [-0.25, -0.2) is 0 Å². The molecule has 0 spiro atoms. The third-order valence-corrected chi connectivity index (χ3v) is 3.42. The SMILES string of the molecule is CCC(O)(CN)c1sccc1C. The molecule has 1 aromatic rings. The molecule has 2 nitrogen and oxygen atoms in total. The lowest BCUT2D eigenvalue weighted by molar-refractivity contribution is 0.0451. The van der Waals surface area contributed by atoms with Crippen molar-refractivity contribution < 1.29 is 5.11 Å². The van der Waals surface area contributed by atoms with E-state index in [1.165, 1.54) is 0 Å². The summed E-state index contributed by atoms with van der Waals surface area (Å²) in [4.78, 5) is 1.01. The summed E-state index contributed by atoms with van der Waals surface area (Å²) < 4.78 is 0. The first-order valence-electron chi connectivity index (χ1n) is 4.11. The van der Waals surface area contributed by atoms with E-state index < -0.39 is 5.60 Å². The van der Waals surface area contributed by atoms with Crippen LogP contribution in [-0.2, 0) is 5.60 Å². The fourth-order valence-corrected chi connectivity index (χ4v) is 2.36. The van der Waals surface area contributed by atoms with Gasteiger partial charge >= 0.3 is 0 Å². The van der Waals surface area contributed by atoms with Gasteiger partial charge in [0, 0.05) is 11.4 Å². The van der Waals surface area contributed by atoms with Gasteiger partial charge in [0.15, 0.2) is 0 Å². The molecule has 0 aromatic carbocycles. The van der Waals surface area contributed by atoms with Crippen molar-refractivity contribution in [3.05, 3.63) is 21.9 Å². The van der Waals surface area contributed by atoms with Crippen LogP contribution in [0.4, 0.5) is 0 Å². The molecule has 0 aliphatic heterocycles. The molecule has 12 heavy (non-hydrogen) atoms. The molecule has 0 aliphatic rings. The summed E-state index contributed by atoms with van der Waals surface area (Å²) in [5, 5.41) is 12.0. The molecule has 0 fully saturated rings. The highest BCUT2D eigenvalue weighted by Gasteiger charge is 2.27. The molecule has 0 aliphatic carbocycles. The third-order valence-electron chi connectivity index (χ3n) is 2.21. The number of hydrogen-bond donors (Lipinski definition) is 2. The largest absolute Gasteiger partial charge is 0.383 e. The second-order valence-corrected chi connectivity index (χ2v) is 3.94. The zero-order valence-electron chi connectivity index (χ0n) is 7.50. The summed E-state index contributed by atoms with van der Waals surface area (Å²) in [6.07, 6.45) is 0.671. The van der Waals surface area contributed by atoms with E-state index in [-0.39, 0.29) is 0 Å². The van der Waals surface area contributed by atoms with Crippen molar-refractivity contribution in [2.75, 3.05) is 6.54 Å². The summed E-state index contributed by atoms with van der Waals surface area (Å²) >= 11 is 1.58. The summed E-state index contributed by atoms with van der Waals surface area (Å²) in [5.41, 5.74) is 5.86. The van der Waals surface area contributed by atoms with E-state index in [1.807, 2.05) is 25.3 Å². The molecule has 1 heterocycles. The van der Waals surface area contributed by atoms with Crippen molar-refractivity contribution in [2.45, 2.75) is 25.9 Å². The number of nitrogens with two attached hydrogens (primary N) is 1. The van der Waals surface area contributed by atoms with Gasteiger partial charge in [0.2, 0.25) is 0 Å². The fourth-order valence-electron chi connectivity index (χ4n) is 1.25. The molecule has 1 atom stereocenters. The van der Waals surface area contributed by atoms with Crippen LogP contribution in [0.15, 0.2) is 11.4 Å². The first kappa shape index (κ1) is 9.71. The molecule has 0 radical (unpaired) electrons. The number of aryl methyl sites for hydroxylation is 1. The molecule has 68 valence electrons. The van der Waals surface area contributed by atoms with Crippen LogP contribution in [0.1, 0.15) is 23.8 Å². The van der Waals surface area contributed by atoms with Crippen LogP contribution in [0.2, 0.25) is 0 Å². The number of thiophene rings is 1. The van der Waals surface area contributed by atoms with Gasteiger partial charge < -0.3 is 10.8 Å². The van der Waals surface area contributed by atoms with Crippen molar-refractivity contribution in [3.8, 4) is 0 Å². The highest BCUT2D eigenvalue weighted by molar-refractivity contribution is 7.10. The second-order valence-electron chi connectivity index (χ2n) is 3.02. The van der Waals surface area contributed by atoms with E-state index in [0.717, 1.165) is 10.4 Å². The van der Waals surface area contributed by atoms with Crippen LogP contribution in [0.3, 0.4) is 0 Å². The average Bonchev–Trinajstić information content (AvgIpc) is 2.51. The number of aliphatic hydroxyl groups is 1. The van der Waals surface area contributed by atoms with Crippen LogP contribution >= 0.6 is 11.3 Å². The normalized spacial score (nSPS) is 16.0. The second kappa shape index (κ2) is 3.56. The van der Waals surface area contributed by atoms with E-state index in [4.69, 9.17) is 5.73 Å². The zero-order valence-corrected chi connectivity index (χ0v) is 8.32. The minimum absolute atomic E-state index is 0.296. The predicted octanol–water partition coefficient (Wildman–Crippen LogP) is 1.61. The summed E-state index contributed by atoms with van der Waals surface area (Å²) in [7, 11) is 0. The van der Waals surface area contributed by atoms with Crippen LogP contribution in [0.25, 0.3) is 0 Å². The highest BCUT2D eigenvalue weighted by atomic mass is 32.1. The molecule has 0 amide bonds. The Hall–Kier alpha value is -0.380. The number of rotatable bonds is 3. The standard InChI is InChI=1S/C9H15NOS/c1-3-9(11,6-10)8-7(2)4-5-12-8/h4-5,11H,3,6,10H2,1-2H3. The first-order valence-corrected chi connectivity index (χ1v) is 4.99. The molecule has 1 aromatic heterocycles. The van der Waals surface area contributed by atoms with Gasteiger partial charge in [0.05, 0.1) is 0 Å². The lowest BCUT2D eigenvalue weighted by Gasteiger charge is -2.24. The monoisotopic (exact) mass is 185 g/mol. The Labute approximate surface area is 77.0 Å². The van der Waals surface area contributed by atoms with E-state index in [9.17, 15) is 5.11 Å². The molecule has 3 N–H and O–H groups in total. The van der Waals surface area contributed by atoms with Gasteiger partial charge in [0.25, 0.3) is 0 Å². The fraction of sp³-hybridized carbons (Fsp3) is 0.556. The Bertz CT molecular complexity index is 253. The van der Waals surface area contributed by atoms with Crippen molar-refractivity contribution in [3.63, 3.8) is 0 Å². The lowest BCUT2D eigenvalue weighted by atomic mass is 9.96. The number of hydrogen-bond acceptors (Lipinski definition) is 3. The predicted molar refractivity (Wildman–Crippen MR) is 52.3 cm³/mol. The maximum absolute atomic E-state index is 10.1. The summed E-state index contributed by atoms with van der Waals surface area (Å²) in [5.74, 6) is 0. The van der Waals surface area contributed by atoms with Crippen LogP contribution < -0.4 is 5.73 Å². The highest BCUT2D eigenvalue weighted by Crippen LogP contribution is 2.30. The van der Waals surface area contributed by atoms with E-state index in [0.29, 0.717) is 13.0 Å². The van der Waals surface area contributed by atoms with Gasteiger partial charge in [-0.3, -0.25) is 0 Å². The Morgan fingerprint density at radius 3 is 2.67 bits per heavy atom. The van der Waals surface area contributed by atoms with E-state index in [2.05, 4.69) is 0 Å². The van der Waals surface area contributed by atoms with E-state index in [1.54, 1.807) is 11.3 Å². The maximum Gasteiger partial charge on any atom is 0.111 e. The third kappa shape index (κ3) is 1.53. The quantitative estimate of drug-likeness (QED) is 0.751. The molecule has 0 bridgehead atoms. The Kier molecular flexibility index (Phi) is 2.88. The molecule has 1 rings (SSSR count). The Morgan fingerprint density at radius 1 is 1.67 bits per heavy atom. The molecule has 0 saturated heterocycles. The van der Waals surface area contributed by atoms with Gasteiger partial charge in [0.1, 0.15) is 5.60 Å². The summed E-state index contributed by atoms with van der Waals surface area (Å²) in [6.45, 7) is 4.25. The van der Waals surface area contributed by atoms with Crippen molar-refractivity contribution in [1.29, 1.82) is 0 Å². The molecule has 0 saturated carbocycles. The van der Waals surface area contributed by atoms with Crippen molar-refractivity contribution >= 4 is 11.3 Å². The molecule has 3 heteroatoms. The smallest absolute Gasteiger partial charge is 0.111 e. The van der Waals surface area contributed by atoms with Gasteiger partial charge in [-0.2, -0.15) is 0 Å². The zero-order chi connectivity index (χ0) is 9.19. The van der Waals surface area contributed by atoms with Crippen molar-refractivity contribution in [1.82, 2.24) is 0 Å².